The summed E-state index contributed by atoms with van der Waals surface area (Å²) in [4.78, 5) is 13.9. The van der Waals surface area contributed by atoms with Crippen molar-refractivity contribution in [3.05, 3.63) is 77.5 Å². The Morgan fingerprint density at radius 2 is 1.88 bits per heavy atom. The molecule has 34 heavy (non-hydrogen) atoms. The van der Waals surface area contributed by atoms with E-state index < -0.39 is 38.7 Å². The summed E-state index contributed by atoms with van der Waals surface area (Å²) < 4.78 is 45.5. The van der Waals surface area contributed by atoms with Crippen LogP contribution in [0, 0.1) is 5.82 Å². The van der Waals surface area contributed by atoms with Gasteiger partial charge in [0.05, 0.1) is 23.2 Å². The highest BCUT2D eigenvalue weighted by Crippen LogP contribution is 2.36. The van der Waals surface area contributed by atoms with Crippen LogP contribution in [0.5, 0.6) is 5.75 Å². The van der Waals surface area contributed by atoms with Crippen molar-refractivity contribution in [1.82, 2.24) is 4.90 Å². The lowest BCUT2D eigenvalue weighted by Gasteiger charge is -2.15. The highest BCUT2D eigenvalue weighted by Gasteiger charge is 2.26. The number of carboxylic acid groups (broad SMARTS) is 1. The minimum Gasteiger partial charge on any atom is -0.506 e. The Morgan fingerprint density at radius 3 is 2.50 bits per heavy atom. The van der Waals surface area contributed by atoms with Gasteiger partial charge in [0.2, 0.25) is 0 Å². The molecule has 0 saturated heterocycles. The van der Waals surface area contributed by atoms with Crippen molar-refractivity contribution in [2.24, 2.45) is 0 Å². The van der Waals surface area contributed by atoms with Crippen LogP contribution < -0.4 is 0 Å². The van der Waals surface area contributed by atoms with Gasteiger partial charge in [0.25, 0.3) is 0 Å². The lowest BCUT2D eigenvalue weighted by molar-refractivity contribution is 0.0693. The Hall–Kier alpha value is -3.43. The lowest BCUT2D eigenvalue weighted by atomic mass is 9.99. The van der Waals surface area contributed by atoms with Crippen molar-refractivity contribution >= 4 is 21.9 Å². The van der Waals surface area contributed by atoms with Gasteiger partial charge in [0, 0.05) is 17.7 Å². The number of rotatable bonds is 10. The third-order valence-electron chi connectivity index (χ3n) is 5.52. The van der Waals surface area contributed by atoms with Crippen LogP contribution in [0.25, 0.3) is 17.2 Å². The molecule has 0 saturated carbocycles. The first-order valence-electron chi connectivity index (χ1n) is 10.7. The van der Waals surface area contributed by atoms with Crippen LogP contribution in [0.3, 0.4) is 0 Å². The number of aromatic hydroxyl groups is 1. The first kappa shape index (κ1) is 25.2. The summed E-state index contributed by atoms with van der Waals surface area (Å²) in [5.41, 5.74) is 0.230. The van der Waals surface area contributed by atoms with Crippen LogP contribution in [-0.4, -0.2) is 49.1 Å². The summed E-state index contributed by atoms with van der Waals surface area (Å²) >= 11 is 0. The molecule has 3 aromatic rings. The normalized spacial score (nSPS) is 12.0. The molecule has 0 unspecified atom stereocenters. The average Bonchev–Trinajstić information content (AvgIpc) is 3.31. The minimum absolute atomic E-state index is 0.0837. The van der Waals surface area contributed by atoms with E-state index in [1.165, 1.54) is 30.7 Å². The molecule has 0 amide bonds. The third-order valence-corrected chi connectivity index (χ3v) is 7.25. The van der Waals surface area contributed by atoms with Crippen LogP contribution in [0.2, 0.25) is 0 Å². The molecule has 0 atom stereocenters. The number of hydrogen-bond acceptors (Lipinski definition) is 6. The van der Waals surface area contributed by atoms with E-state index in [2.05, 4.69) is 4.90 Å². The van der Waals surface area contributed by atoms with Crippen LogP contribution >= 0.6 is 0 Å². The van der Waals surface area contributed by atoms with Crippen molar-refractivity contribution in [2.75, 3.05) is 19.6 Å². The second-order valence-corrected chi connectivity index (χ2v) is 9.60. The number of sulfone groups is 1. The number of halogens is 1. The quantitative estimate of drug-likeness (QED) is 0.395. The average molecular weight is 488 g/mol. The zero-order valence-corrected chi connectivity index (χ0v) is 19.7. The van der Waals surface area contributed by atoms with Crippen molar-refractivity contribution in [3.8, 4) is 16.9 Å². The van der Waals surface area contributed by atoms with E-state index in [9.17, 15) is 27.8 Å². The maximum absolute atomic E-state index is 13.9. The minimum atomic E-state index is -4.09. The molecule has 0 aliphatic rings. The molecule has 0 aliphatic carbocycles. The van der Waals surface area contributed by atoms with E-state index in [0.29, 0.717) is 12.1 Å². The summed E-state index contributed by atoms with van der Waals surface area (Å²) in [7, 11) is -4.09. The van der Waals surface area contributed by atoms with E-state index in [1.807, 2.05) is 13.8 Å². The fraction of sp³-hybridized carbons (Fsp3) is 0.240. The molecule has 0 aliphatic heterocycles. The second-order valence-electron chi connectivity index (χ2n) is 7.64. The number of carbonyl (C=O) groups is 1. The molecule has 0 bridgehead atoms. The van der Waals surface area contributed by atoms with Gasteiger partial charge in [-0.3, -0.25) is 0 Å². The molecule has 2 N–H and O–H groups in total. The van der Waals surface area contributed by atoms with Gasteiger partial charge in [0.1, 0.15) is 17.1 Å². The van der Waals surface area contributed by atoms with Crippen LogP contribution in [0.1, 0.15) is 35.3 Å². The molecule has 1 heterocycles. The fourth-order valence-electron chi connectivity index (χ4n) is 3.67. The van der Waals surface area contributed by atoms with Crippen molar-refractivity contribution < 1.29 is 32.2 Å². The number of likely N-dealkylation sites (N-methyl/N-ethyl adjacent to an activating group) is 1. The first-order chi connectivity index (χ1) is 16.2. The van der Waals surface area contributed by atoms with Gasteiger partial charge in [-0.1, -0.05) is 38.1 Å². The van der Waals surface area contributed by atoms with Crippen LogP contribution in [0.15, 0.2) is 64.3 Å². The summed E-state index contributed by atoms with van der Waals surface area (Å²) in [6, 6.07) is 7.68. The Balaban J connectivity index is 2.00. The number of hydrogen-bond donors (Lipinski definition) is 2. The van der Waals surface area contributed by atoms with E-state index in [0.717, 1.165) is 25.2 Å². The predicted octanol–water partition coefficient (Wildman–Crippen LogP) is 4.82. The number of benzene rings is 2. The topological polar surface area (TPSA) is 108 Å². The van der Waals surface area contributed by atoms with Crippen molar-refractivity contribution in [2.45, 2.75) is 24.5 Å². The Labute approximate surface area is 197 Å². The fourth-order valence-corrected chi connectivity index (χ4v) is 5.24. The Kier molecular flexibility index (Phi) is 7.90. The van der Waals surface area contributed by atoms with E-state index in [1.54, 1.807) is 18.2 Å². The Bertz CT molecular complexity index is 1300. The molecule has 1 aromatic heterocycles. The SMILES string of the molecule is CCN(CC)C/C=C\c1cc(F)ccc1S(=O)(=O)Cc1ccc(-c2ccoc2)c(O)c1C(=O)O. The number of aromatic carboxylic acids is 1. The van der Waals surface area contributed by atoms with E-state index in [4.69, 9.17) is 4.42 Å². The van der Waals surface area contributed by atoms with E-state index in [-0.39, 0.29) is 21.6 Å². The molecular weight excluding hydrogens is 461 g/mol. The van der Waals surface area contributed by atoms with Gasteiger partial charge >= 0.3 is 5.97 Å². The molecular formula is C25H26FNO6S. The first-order valence-corrected chi connectivity index (χ1v) is 12.3. The van der Waals surface area contributed by atoms with Gasteiger partial charge < -0.3 is 19.5 Å². The second kappa shape index (κ2) is 10.7. The smallest absolute Gasteiger partial charge is 0.339 e. The summed E-state index contributed by atoms with van der Waals surface area (Å²) in [6.45, 7) is 6.19. The zero-order valence-electron chi connectivity index (χ0n) is 18.9. The molecule has 3 rings (SSSR count). The number of nitrogens with zero attached hydrogens (tertiary/aromatic N) is 1. The summed E-state index contributed by atoms with van der Waals surface area (Å²) in [5.74, 6) is -3.29. The van der Waals surface area contributed by atoms with Gasteiger partial charge in [-0.25, -0.2) is 17.6 Å². The van der Waals surface area contributed by atoms with Crippen molar-refractivity contribution in [1.29, 1.82) is 0 Å². The molecule has 7 nitrogen and oxygen atoms in total. The maximum Gasteiger partial charge on any atom is 0.339 e. The van der Waals surface area contributed by atoms with Gasteiger partial charge in [0.15, 0.2) is 9.84 Å². The zero-order chi connectivity index (χ0) is 24.9. The van der Waals surface area contributed by atoms with Crippen molar-refractivity contribution in [3.63, 3.8) is 0 Å². The highest BCUT2D eigenvalue weighted by atomic mass is 32.2. The number of furan rings is 1. The molecule has 0 spiro atoms. The standard InChI is InChI=1S/C25H26FNO6S/c1-3-27(4-2)12-5-6-17-14-20(26)8-10-22(17)34(31,32)16-19-7-9-21(18-11-13-33-15-18)24(28)23(19)25(29)30/h5-11,13-15,28H,3-4,12,16H2,1-2H3,(H,29,30)/b6-5-. The molecule has 9 heteroatoms. The van der Waals surface area contributed by atoms with Gasteiger partial charge in [-0.05, 0) is 48.5 Å². The van der Waals surface area contributed by atoms with Gasteiger partial charge in [-0.2, -0.15) is 0 Å². The molecule has 180 valence electrons. The molecule has 0 radical (unpaired) electrons. The summed E-state index contributed by atoms with van der Waals surface area (Å²) in [5, 5.41) is 20.3. The maximum atomic E-state index is 13.9. The number of carboxylic acids is 1. The van der Waals surface area contributed by atoms with Crippen LogP contribution in [-0.2, 0) is 15.6 Å². The van der Waals surface area contributed by atoms with Crippen LogP contribution in [0.4, 0.5) is 4.39 Å². The largest absolute Gasteiger partial charge is 0.506 e. The lowest BCUT2D eigenvalue weighted by Crippen LogP contribution is -2.22. The highest BCUT2D eigenvalue weighted by molar-refractivity contribution is 7.90. The molecule has 2 aromatic carbocycles. The van der Waals surface area contributed by atoms with Gasteiger partial charge in [-0.15, -0.1) is 0 Å². The van der Waals surface area contributed by atoms with E-state index >= 15 is 0 Å². The third kappa shape index (κ3) is 5.55. The summed E-state index contributed by atoms with van der Waals surface area (Å²) in [6.07, 6.45) is 6.02. The number of phenols is 1. The predicted molar refractivity (Wildman–Crippen MR) is 127 cm³/mol. The molecule has 0 fully saturated rings. The Morgan fingerprint density at radius 1 is 1.15 bits per heavy atom. The monoisotopic (exact) mass is 487 g/mol.